The molecule has 0 bridgehead atoms. The zero-order valence-corrected chi connectivity index (χ0v) is 13.0. The summed E-state index contributed by atoms with van der Waals surface area (Å²) in [6.07, 6.45) is 1.88. The summed E-state index contributed by atoms with van der Waals surface area (Å²) in [6, 6.07) is 18.4. The molecule has 3 heteroatoms. The van der Waals surface area contributed by atoms with Crippen LogP contribution in [0.4, 0.5) is 0 Å². The van der Waals surface area contributed by atoms with E-state index in [4.69, 9.17) is 0 Å². The normalized spacial score (nSPS) is 13.3. The van der Waals surface area contributed by atoms with E-state index in [1.165, 1.54) is 10.5 Å². The Kier molecular flexibility index (Phi) is 5.11. The standard InChI is InChI=1S/C16H15BrOS/c1-12(18)11-16(13-5-3-2-4-6-13)19-15-9-7-14(17)8-10-15/h2-11,16,18H,1H3. The third kappa shape index (κ3) is 4.44. The molecule has 0 saturated heterocycles. The van der Waals surface area contributed by atoms with Crippen LogP contribution in [0, 0.1) is 0 Å². The number of benzene rings is 2. The Morgan fingerprint density at radius 3 is 2.32 bits per heavy atom. The lowest BCUT2D eigenvalue weighted by atomic mass is 10.1. The molecular weight excluding hydrogens is 320 g/mol. The van der Waals surface area contributed by atoms with Gasteiger partial charge in [-0.15, -0.1) is 11.8 Å². The third-order valence-electron chi connectivity index (χ3n) is 2.60. The van der Waals surface area contributed by atoms with Crippen molar-refractivity contribution < 1.29 is 5.11 Å². The Morgan fingerprint density at radius 2 is 1.74 bits per heavy atom. The summed E-state index contributed by atoms with van der Waals surface area (Å²) >= 11 is 5.16. The molecular formula is C16H15BrOS. The van der Waals surface area contributed by atoms with Gasteiger partial charge in [0, 0.05) is 9.37 Å². The maximum Gasteiger partial charge on any atom is 0.0866 e. The molecule has 0 aliphatic rings. The number of hydrogen-bond acceptors (Lipinski definition) is 2. The number of aliphatic hydroxyl groups is 1. The summed E-state index contributed by atoms with van der Waals surface area (Å²) in [5, 5.41) is 9.66. The van der Waals surface area contributed by atoms with E-state index in [9.17, 15) is 5.11 Å². The average molecular weight is 335 g/mol. The third-order valence-corrected chi connectivity index (χ3v) is 4.33. The Balaban J connectivity index is 2.24. The van der Waals surface area contributed by atoms with Gasteiger partial charge in [-0.2, -0.15) is 0 Å². The van der Waals surface area contributed by atoms with Gasteiger partial charge < -0.3 is 5.11 Å². The monoisotopic (exact) mass is 334 g/mol. The molecule has 0 aromatic heterocycles. The Hall–Kier alpha value is -1.19. The average Bonchev–Trinajstić information content (AvgIpc) is 2.41. The van der Waals surface area contributed by atoms with Crippen LogP contribution in [0.1, 0.15) is 17.7 Å². The summed E-state index contributed by atoms with van der Waals surface area (Å²) in [6.45, 7) is 1.71. The van der Waals surface area contributed by atoms with E-state index in [1.807, 2.05) is 36.4 Å². The van der Waals surface area contributed by atoms with Gasteiger partial charge in [0.1, 0.15) is 0 Å². The van der Waals surface area contributed by atoms with E-state index in [2.05, 4.69) is 40.2 Å². The summed E-state index contributed by atoms with van der Waals surface area (Å²) < 4.78 is 1.07. The van der Waals surface area contributed by atoms with E-state index in [0.29, 0.717) is 5.76 Å². The van der Waals surface area contributed by atoms with Crippen molar-refractivity contribution in [1.29, 1.82) is 0 Å². The number of halogens is 1. The molecule has 0 spiro atoms. The number of hydrogen-bond donors (Lipinski definition) is 1. The van der Waals surface area contributed by atoms with Gasteiger partial charge in [-0.1, -0.05) is 46.3 Å². The Labute approximate surface area is 126 Å². The van der Waals surface area contributed by atoms with Crippen molar-refractivity contribution in [1.82, 2.24) is 0 Å². The maximum atomic E-state index is 9.55. The Bertz CT molecular complexity index is 545. The zero-order valence-electron chi connectivity index (χ0n) is 10.6. The molecule has 2 aromatic rings. The van der Waals surface area contributed by atoms with Crippen LogP contribution in [-0.4, -0.2) is 5.11 Å². The van der Waals surface area contributed by atoms with Gasteiger partial charge in [0.05, 0.1) is 11.0 Å². The van der Waals surface area contributed by atoms with Gasteiger partial charge >= 0.3 is 0 Å². The lowest BCUT2D eigenvalue weighted by Gasteiger charge is -2.13. The molecule has 0 fully saturated rings. The lowest BCUT2D eigenvalue weighted by molar-refractivity contribution is 0.412. The van der Waals surface area contributed by atoms with Crippen molar-refractivity contribution in [3.8, 4) is 0 Å². The predicted molar refractivity (Wildman–Crippen MR) is 85.6 cm³/mol. The quantitative estimate of drug-likeness (QED) is 0.567. The first-order valence-corrected chi connectivity index (χ1v) is 7.67. The molecule has 0 radical (unpaired) electrons. The van der Waals surface area contributed by atoms with Crippen molar-refractivity contribution in [3.63, 3.8) is 0 Å². The van der Waals surface area contributed by atoms with Crippen LogP contribution in [0.3, 0.4) is 0 Å². The van der Waals surface area contributed by atoms with E-state index in [1.54, 1.807) is 18.7 Å². The summed E-state index contributed by atoms with van der Waals surface area (Å²) in [4.78, 5) is 1.18. The van der Waals surface area contributed by atoms with Crippen LogP contribution in [0.5, 0.6) is 0 Å². The molecule has 0 heterocycles. The molecule has 2 rings (SSSR count). The largest absolute Gasteiger partial charge is 0.513 e. The molecule has 19 heavy (non-hydrogen) atoms. The van der Waals surface area contributed by atoms with Crippen LogP contribution in [-0.2, 0) is 0 Å². The molecule has 1 unspecified atom stereocenters. The van der Waals surface area contributed by atoms with Crippen molar-refractivity contribution in [2.45, 2.75) is 17.1 Å². The lowest BCUT2D eigenvalue weighted by Crippen LogP contribution is -1.91. The van der Waals surface area contributed by atoms with Gasteiger partial charge in [-0.25, -0.2) is 0 Å². The summed E-state index contributed by atoms with van der Waals surface area (Å²) in [5.41, 5.74) is 1.18. The van der Waals surface area contributed by atoms with Gasteiger partial charge in [0.25, 0.3) is 0 Å². The number of allylic oxidation sites excluding steroid dienone is 1. The first-order valence-electron chi connectivity index (χ1n) is 6.00. The molecule has 1 nitrogen and oxygen atoms in total. The van der Waals surface area contributed by atoms with Crippen molar-refractivity contribution >= 4 is 27.7 Å². The van der Waals surface area contributed by atoms with E-state index >= 15 is 0 Å². The smallest absolute Gasteiger partial charge is 0.0866 e. The highest BCUT2D eigenvalue weighted by Crippen LogP contribution is 2.37. The van der Waals surface area contributed by atoms with Crippen LogP contribution >= 0.6 is 27.7 Å². The maximum absolute atomic E-state index is 9.55. The van der Waals surface area contributed by atoms with Crippen LogP contribution in [0.2, 0.25) is 0 Å². The molecule has 1 atom stereocenters. The van der Waals surface area contributed by atoms with Crippen LogP contribution in [0.25, 0.3) is 0 Å². The number of aliphatic hydroxyl groups excluding tert-OH is 1. The second-order valence-corrected chi connectivity index (χ2v) is 6.34. The van der Waals surface area contributed by atoms with Gasteiger partial charge in [0.15, 0.2) is 0 Å². The molecule has 0 aliphatic carbocycles. The number of rotatable bonds is 4. The molecule has 98 valence electrons. The summed E-state index contributed by atoms with van der Waals surface area (Å²) in [5.74, 6) is 0.346. The molecule has 0 amide bonds. The molecule has 2 aromatic carbocycles. The fourth-order valence-electron chi connectivity index (χ4n) is 1.72. The summed E-state index contributed by atoms with van der Waals surface area (Å²) in [7, 11) is 0. The minimum Gasteiger partial charge on any atom is -0.513 e. The van der Waals surface area contributed by atoms with Crippen LogP contribution in [0.15, 0.2) is 75.8 Å². The SMILES string of the molecule is CC(O)=CC(Sc1ccc(Br)cc1)c1ccccc1. The van der Waals surface area contributed by atoms with E-state index in [0.717, 1.165) is 4.47 Å². The van der Waals surface area contributed by atoms with Crippen molar-refractivity contribution in [3.05, 3.63) is 76.5 Å². The molecule has 0 saturated carbocycles. The van der Waals surface area contributed by atoms with Gasteiger partial charge in [-0.05, 0) is 42.8 Å². The van der Waals surface area contributed by atoms with Crippen molar-refractivity contribution in [2.75, 3.05) is 0 Å². The second kappa shape index (κ2) is 6.83. The second-order valence-electron chi connectivity index (χ2n) is 4.21. The predicted octanol–water partition coefficient (Wildman–Crippen LogP) is 5.74. The van der Waals surface area contributed by atoms with E-state index in [-0.39, 0.29) is 5.25 Å². The van der Waals surface area contributed by atoms with E-state index < -0.39 is 0 Å². The first kappa shape index (κ1) is 14.2. The highest BCUT2D eigenvalue weighted by molar-refractivity contribution is 9.10. The Morgan fingerprint density at radius 1 is 1.11 bits per heavy atom. The van der Waals surface area contributed by atoms with Crippen LogP contribution < -0.4 is 0 Å². The topological polar surface area (TPSA) is 20.2 Å². The first-order chi connectivity index (χ1) is 9.15. The van der Waals surface area contributed by atoms with Gasteiger partial charge in [-0.3, -0.25) is 0 Å². The zero-order chi connectivity index (χ0) is 13.7. The fraction of sp³-hybridized carbons (Fsp3) is 0.125. The minimum absolute atomic E-state index is 0.118. The molecule has 1 N–H and O–H groups in total. The fourth-order valence-corrected chi connectivity index (χ4v) is 3.13. The highest BCUT2D eigenvalue weighted by atomic mass is 79.9. The molecule has 0 aliphatic heterocycles. The van der Waals surface area contributed by atoms with Crippen molar-refractivity contribution in [2.24, 2.45) is 0 Å². The van der Waals surface area contributed by atoms with Gasteiger partial charge in [0.2, 0.25) is 0 Å². The highest BCUT2D eigenvalue weighted by Gasteiger charge is 2.10. The number of thioether (sulfide) groups is 1. The minimum atomic E-state index is 0.118.